The van der Waals surface area contributed by atoms with E-state index < -0.39 is 74.2 Å². The molecule has 12 heteroatoms. The molecule has 0 aliphatic carbocycles. The van der Waals surface area contributed by atoms with Crippen molar-refractivity contribution >= 4 is 0 Å². The van der Waals surface area contributed by atoms with Gasteiger partial charge in [-0.25, -0.2) is 0 Å². The van der Waals surface area contributed by atoms with Crippen LogP contribution in [0.3, 0.4) is 0 Å². The third kappa shape index (κ3) is 3.41. The summed E-state index contributed by atoms with van der Waals surface area (Å²) in [7, 11) is 0. The highest BCUT2D eigenvalue weighted by molar-refractivity contribution is 4.99. The molecule has 0 bridgehead atoms. The zero-order chi connectivity index (χ0) is 18.2. The van der Waals surface area contributed by atoms with Gasteiger partial charge in [-0.1, -0.05) is 0 Å². The van der Waals surface area contributed by atoms with Gasteiger partial charge >= 0.3 is 0 Å². The summed E-state index contributed by atoms with van der Waals surface area (Å²) >= 11 is 0. The molecule has 2 fully saturated rings. The lowest BCUT2D eigenvalue weighted by molar-refractivity contribution is -0.369. The standard InChI is InChI=1S/C12H23NO11/c13-12(21)4(2-15)23-11(7(18)9(12)19)24-8-3(1-14)22-10(20)6(17)5(8)16/h3-11,14-21H,1-2,13H2/t3-,4-,5-,6-,7-,8-,9+,10-,11-,12+/m1/s1. The third-order valence-corrected chi connectivity index (χ3v) is 4.19. The number of hydrogen-bond donors (Lipinski definition) is 9. The SMILES string of the molecule is N[C@]1(O)[C@@H](CO)O[C@H](O[C@H]2[C@H](O)[C@@H](O)[C@H](O)O[C@@H]2CO)[C@H](O)[C@@H]1O. The average Bonchev–Trinajstić information content (AvgIpc) is 2.55. The van der Waals surface area contributed by atoms with Gasteiger partial charge in [-0.15, -0.1) is 0 Å². The Kier molecular flexibility index (Phi) is 6.12. The second kappa shape index (κ2) is 7.41. The lowest BCUT2D eigenvalue weighted by Crippen LogP contribution is -2.72. The first-order valence-corrected chi connectivity index (χ1v) is 7.24. The first-order valence-electron chi connectivity index (χ1n) is 7.24. The van der Waals surface area contributed by atoms with Gasteiger partial charge in [0.15, 0.2) is 18.3 Å². The van der Waals surface area contributed by atoms with E-state index in [1.54, 1.807) is 0 Å². The number of nitrogens with two attached hydrogens (primary N) is 1. The molecule has 0 aromatic heterocycles. The highest BCUT2D eigenvalue weighted by atomic mass is 16.7. The minimum absolute atomic E-state index is 0.707. The molecule has 2 aliphatic rings. The maximum atomic E-state index is 9.97. The number of ether oxygens (including phenoxy) is 3. The van der Waals surface area contributed by atoms with Crippen LogP contribution in [0.4, 0.5) is 0 Å². The van der Waals surface area contributed by atoms with Crippen LogP contribution in [0.5, 0.6) is 0 Å². The van der Waals surface area contributed by atoms with Crippen molar-refractivity contribution in [2.75, 3.05) is 13.2 Å². The van der Waals surface area contributed by atoms with Crippen molar-refractivity contribution in [3.63, 3.8) is 0 Å². The zero-order valence-electron chi connectivity index (χ0n) is 12.5. The van der Waals surface area contributed by atoms with E-state index in [9.17, 15) is 40.9 Å². The summed E-state index contributed by atoms with van der Waals surface area (Å²) in [5, 5.41) is 77.1. The maximum Gasteiger partial charge on any atom is 0.187 e. The fourth-order valence-electron chi connectivity index (χ4n) is 2.66. The van der Waals surface area contributed by atoms with Crippen molar-refractivity contribution in [3.8, 4) is 0 Å². The van der Waals surface area contributed by atoms with Gasteiger partial charge in [-0.05, 0) is 0 Å². The Balaban J connectivity index is 2.16. The monoisotopic (exact) mass is 357 g/mol. The summed E-state index contributed by atoms with van der Waals surface area (Å²) in [6, 6.07) is 0. The van der Waals surface area contributed by atoms with Crippen molar-refractivity contribution < 1.29 is 55.1 Å². The molecule has 12 nitrogen and oxygen atoms in total. The summed E-state index contributed by atoms with van der Waals surface area (Å²) < 4.78 is 15.2. The molecule has 0 amide bonds. The summed E-state index contributed by atoms with van der Waals surface area (Å²) in [4.78, 5) is 0. The van der Waals surface area contributed by atoms with Crippen LogP contribution in [0.15, 0.2) is 0 Å². The Morgan fingerprint density at radius 2 is 1.54 bits per heavy atom. The molecular weight excluding hydrogens is 334 g/mol. The Hall–Kier alpha value is -0.480. The topological polar surface area (TPSA) is 216 Å². The number of aliphatic hydroxyl groups is 8. The molecule has 2 saturated heterocycles. The summed E-state index contributed by atoms with van der Waals surface area (Å²) in [5.41, 5.74) is 2.94. The van der Waals surface area contributed by atoms with Crippen LogP contribution in [0.1, 0.15) is 0 Å². The molecule has 2 rings (SSSR count). The van der Waals surface area contributed by atoms with Gasteiger partial charge in [0.25, 0.3) is 0 Å². The molecule has 0 radical (unpaired) electrons. The summed E-state index contributed by atoms with van der Waals surface area (Å²) in [5.74, 6) is 0. The second-order valence-corrected chi connectivity index (χ2v) is 5.83. The predicted octanol–water partition coefficient (Wildman–Crippen LogP) is -6.11. The van der Waals surface area contributed by atoms with E-state index in [1.165, 1.54) is 0 Å². The fraction of sp³-hybridized carbons (Fsp3) is 1.00. The van der Waals surface area contributed by atoms with E-state index in [-0.39, 0.29) is 0 Å². The van der Waals surface area contributed by atoms with E-state index in [1.807, 2.05) is 0 Å². The van der Waals surface area contributed by atoms with Crippen LogP contribution in [0.25, 0.3) is 0 Å². The lowest BCUT2D eigenvalue weighted by Gasteiger charge is -2.48. The van der Waals surface area contributed by atoms with E-state index in [2.05, 4.69) is 0 Å². The van der Waals surface area contributed by atoms with Gasteiger partial charge in [0, 0.05) is 0 Å². The van der Waals surface area contributed by atoms with Crippen molar-refractivity contribution in [3.05, 3.63) is 0 Å². The molecule has 10 atom stereocenters. The van der Waals surface area contributed by atoms with Gasteiger partial charge in [0.1, 0.15) is 42.7 Å². The van der Waals surface area contributed by atoms with Crippen molar-refractivity contribution in [2.45, 2.75) is 61.0 Å². The van der Waals surface area contributed by atoms with Crippen LogP contribution >= 0.6 is 0 Å². The molecule has 10 N–H and O–H groups in total. The van der Waals surface area contributed by atoms with E-state index in [0.717, 1.165) is 0 Å². The second-order valence-electron chi connectivity index (χ2n) is 5.83. The molecule has 0 unspecified atom stereocenters. The Bertz CT molecular complexity index is 418. The first-order chi connectivity index (χ1) is 11.1. The molecule has 2 aliphatic heterocycles. The predicted molar refractivity (Wildman–Crippen MR) is 71.7 cm³/mol. The highest BCUT2D eigenvalue weighted by Gasteiger charge is 2.55. The molecule has 0 aromatic carbocycles. The van der Waals surface area contributed by atoms with Crippen molar-refractivity contribution in [2.24, 2.45) is 5.73 Å². The Labute approximate surface area is 136 Å². The minimum Gasteiger partial charge on any atom is -0.394 e. The normalized spacial score (nSPS) is 53.1. The van der Waals surface area contributed by atoms with Crippen molar-refractivity contribution in [1.82, 2.24) is 0 Å². The van der Waals surface area contributed by atoms with Gasteiger partial charge < -0.3 is 55.1 Å². The average molecular weight is 357 g/mol. The number of hydrogen-bond acceptors (Lipinski definition) is 12. The Morgan fingerprint density at radius 3 is 2.08 bits per heavy atom. The molecule has 0 saturated carbocycles. The molecular formula is C12H23NO11. The van der Waals surface area contributed by atoms with Gasteiger partial charge in [0.05, 0.1) is 13.2 Å². The van der Waals surface area contributed by atoms with Gasteiger partial charge in [0.2, 0.25) is 0 Å². The van der Waals surface area contributed by atoms with Gasteiger partial charge in [-0.3, -0.25) is 5.73 Å². The zero-order valence-corrected chi connectivity index (χ0v) is 12.5. The molecule has 0 aromatic rings. The highest BCUT2D eigenvalue weighted by Crippen LogP contribution is 2.30. The quantitative estimate of drug-likeness (QED) is 0.215. The molecule has 0 spiro atoms. The van der Waals surface area contributed by atoms with Crippen LogP contribution in [0.2, 0.25) is 0 Å². The van der Waals surface area contributed by atoms with Crippen LogP contribution < -0.4 is 5.73 Å². The lowest BCUT2D eigenvalue weighted by atomic mass is 9.92. The minimum atomic E-state index is -2.46. The van der Waals surface area contributed by atoms with E-state index in [0.29, 0.717) is 0 Å². The third-order valence-electron chi connectivity index (χ3n) is 4.19. The maximum absolute atomic E-state index is 9.97. The van der Waals surface area contributed by atoms with E-state index >= 15 is 0 Å². The van der Waals surface area contributed by atoms with Crippen LogP contribution in [-0.2, 0) is 14.2 Å². The van der Waals surface area contributed by atoms with Crippen LogP contribution in [0, 0.1) is 0 Å². The summed E-state index contributed by atoms with van der Waals surface area (Å²) in [6.07, 6.45) is -15.0. The largest absolute Gasteiger partial charge is 0.394 e. The molecule has 24 heavy (non-hydrogen) atoms. The van der Waals surface area contributed by atoms with E-state index in [4.69, 9.17) is 19.9 Å². The molecule has 142 valence electrons. The van der Waals surface area contributed by atoms with Gasteiger partial charge in [-0.2, -0.15) is 0 Å². The molecule has 2 heterocycles. The fourth-order valence-corrected chi connectivity index (χ4v) is 2.66. The number of aliphatic hydroxyl groups excluding tert-OH is 7. The first kappa shape index (κ1) is 19.8. The number of rotatable bonds is 4. The van der Waals surface area contributed by atoms with Crippen molar-refractivity contribution in [1.29, 1.82) is 0 Å². The smallest absolute Gasteiger partial charge is 0.187 e. The van der Waals surface area contributed by atoms with Crippen LogP contribution in [-0.4, -0.2) is 115 Å². The Morgan fingerprint density at radius 1 is 0.917 bits per heavy atom. The summed E-state index contributed by atoms with van der Waals surface area (Å²) in [6.45, 7) is -1.52.